The number of hydrogen-bond donors (Lipinski definition) is 1. The highest BCUT2D eigenvalue weighted by Gasteiger charge is 2.34. The Morgan fingerprint density at radius 3 is 2.55 bits per heavy atom. The molecule has 0 aliphatic carbocycles. The molecule has 22 heavy (non-hydrogen) atoms. The van der Waals surface area contributed by atoms with Gasteiger partial charge in [0, 0.05) is 13.1 Å². The van der Waals surface area contributed by atoms with E-state index in [1.165, 1.54) is 24.0 Å². The van der Waals surface area contributed by atoms with Crippen molar-refractivity contribution in [3.05, 3.63) is 29.3 Å². The molecule has 1 aromatic rings. The molecule has 0 radical (unpaired) electrons. The molecule has 0 aliphatic heterocycles. The predicted octanol–water partition coefficient (Wildman–Crippen LogP) is 2.66. The SMILES string of the molecule is COc1ccc(CN(C[C@@H](C)O)C(=O)CCl)cc1C(F)(F)F. The van der Waals surface area contributed by atoms with Crippen LogP contribution in [-0.2, 0) is 17.5 Å². The van der Waals surface area contributed by atoms with Gasteiger partial charge in [-0.05, 0) is 24.6 Å². The summed E-state index contributed by atoms with van der Waals surface area (Å²) in [5.41, 5.74) is -0.643. The minimum atomic E-state index is -4.56. The quantitative estimate of drug-likeness (QED) is 0.811. The van der Waals surface area contributed by atoms with Gasteiger partial charge in [0.05, 0.1) is 18.8 Å². The fourth-order valence-electron chi connectivity index (χ4n) is 1.95. The molecule has 8 heteroatoms. The van der Waals surface area contributed by atoms with E-state index in [9.17, 15) is 23.1 Å². The number of hydrogen-bond acceptors (Lipinski definition) is 3. The second kappa shape index (κ2) is 7.69. The van der Waals surface area contributed by atoms with Crippen molar-refractivity contribution < 1.29 is 27.8 Å². The lowest BCUT2D eigenvalue weighted by molar-refractivity contribution is -0.138. The lowest BCUT2D eigenvalue weighted by Crippen LogP contribution is -2.36. The minimum Gasteiger partial charge on any atom is -0.496 e. The molecule has 1 atom stereocenters. The van der Waals surface area contributed by atoms with Gasteiger partial charge in [-0.15, -0.1) is 11.6 Å². The van der Waals surface area contributed by atoms with Crippen molar-refractivity contribution in [2.24, 2.45) is 0 Å². The smallest absolute Gasteiger partial charge is 0.419 e. The number of alkyl halides is 4. The van der Waals surface area contributed by atoms with Crippen LogP contribution in [0.4, 0.5) is 13.2 Å². The van der Waals surface area contributed by atoms with Crippen LogP contribution in [0.3, 0.4) is 0 Å². The lowest BCUT2D eigenvalue weighted by Gasteiger charge is -2.24. The number of rotatable bonds is 6. The summed E-state index contributed by atoms with van der Waals surface area (Å²) in [7, 11) is 1.15. The molecule has 124 valence electrons. The maximum absolute atomic E-state index is 13.0. The summed E-state index contributed by atoms with van der Waals surface area (Å²) in [5.74, 6) is -1.07. The number of carbonyl (C=O) groups is 1. The van der Waals surface area contributed by atoms with Crippen LogP contribution in [0.2, 0.25) is 0 Å². The van der Waals surface area contributed by atoms with Gasteiger partial charge in [-0.2, -0.15) is 13.2 Å². The van der Waals surface area contributed by atoms with E-state index in [1.807, 2.05) is 0 Å². The van der Waals surface area contributed by atoms with E-state index >= 15 is 0 Å². The fourth-order valence-corrected chi connectivity index (χ4v) is 2.12. The van der Waals surface area contributed by atoms with Crippen molar-refractivity contribution >= 4 is 17.5 Å². The summed E-state index contributed by atoms with van der Waals surface area (Å²) < 4.78 is 43.6. The summed E-state index contributed by atoms with van der Waals surface area (Å²) >= 11 is 5.48. The number of aliphatic hydroxyl groups excluding tert-OH is 1. The minimum absolute atomic E-state index is 0.0149. The molecule has 4 nitrogen and oxygen atoms in total. The maximum Gasteiger partial charge on any atom is 0.419 e. The molecule has 0 bridgehead atoms. The molecule has 0 aliphatic rings. The normalized spacial score (nSPS) is 12.9. The molecule has 0 spiro atoms. The zero-order valence-electron chi connectivity index (χ0n) is 12.2. The van der Waals surface area contributed by atoms with Crippen LogP contribution >= 0.6 is 11.6 Å². The van der Waals surface area contributed by atoms with Crippen molar-refractivity contribution in [1.29, 1.82) is 0 Å². The number of amides is 1. The topological polar surface area (TPSA) is 49.8 Å². The molecule has 0 unspecified atom stereocenters. The summed E-state index contributed by atoms with van der Waals surface area (Å²) in [5, 5.41) is 9.37. The zero-order chi connectivity index (χ0) is 16.9. The Morgan fingerprint density at radius 1 is 1.45 bits per heavy atom. The summed E-state index contributed by atoms with van der Waals surface area (Å²) in [6, 6.07) is 3.56. The van der Waals surface area contributed by atoms with E-state index < -0.39 is 23.8 Å². The van der Waals surface area contributed by atoms with E-state index in [1.54, 1.807) is 0 Å². The van der Waals surface area contributed by atoms with Crippen LogP contribution in [0.15, 0.2) is 18.2 Å². The van der Waals surface area contributed by atoms with Gasteiger partial charge in [-0.1, -0.05) is 6.07 Å². The second-order valence-corrected chi connectivity index (χ2v) is 5.06. The molecule has 1 rings (SSSR count). The Kier molecular flexibility index (Phi) is 6.49. The van der Waals surface area contributed by atoms with Gasteiger partial charge in [-0.3, -0.25) is 4.79 Å². The van der Waals surface area contributed by atoms with E-state index in [0.29, 0.717) is 0 Å². The van der Waals surface area contributed by atoms with E-state index in [0.717, 1.165) is 13.2 Å². The third-order valence-corrected chi connectivity index (χ3v) is 3.12. The number of carbonyl (C=O) groups excluding carboxylic acids is 1. The third-order valence-electron chi connectivity index (χ3n) is 2.89. The Labute approximate surface area is 131 Å². The molecular weight excluding hydrogens is 323 g/mol. The molecule has 1 N–H and O–H groups in total. The molecular formula is C14H17ClF3NO3. The monoisotopic (exact) mass is 339 g/mol. The standard InChI is InChI=1S/C14H17ClF3NO3/c1-9(20)7-19(13(21)6-15)8-10-3-4-12(22-2)11(5-10)14(16,17)18/h3-5,9,20H,6-8H2,1-2H3/t9-/m1/s1. The number of benzene rings is 1. The first kappa shape index (κ1) is 18.6. The average molecular weight is 340 g/mol. The van der Waals surface area contributed by atoms with Crippen LogP contribution in [0.5, 0.6) is 5.75 Å². The van der Waals surface area contributed by atoms with Gasteiger partial charge >= 0.3 is 6.18 Å². The summed E-state index contributed by atoms with van der Waals surface area (Å²) in [4.78, 5) is 12.9. The molecule has 1 aromatic carbocycles. The van der Waals surface area contributed by atoms with Crippen LogP contribution < -0.4 is 4.74 Å². The largest absolute Gasteiger partial charge is 0.496 e. The lowest BCUT2D eigenvalue weighted by atomic mass is 10.1. The Balaban J connectivity index is 3.07. The number of nitrogens with zero attached hydrogens (tertiary/aromatic N) is 1. The summed E-state index contributed by atoms with van der Waals surface area (Å²) in [6.07, 6.45) is -5.38. The molecule has 0 fully saturated rings. The van der Waals surface area contributed by atoms with E-state index in [2.05, 4.69) is 0 Å². The highest BCUT2D eigenvalue weighted by atomic mass is 35.5. The Hall–Kier alpha value is -1.47. The molecule has 0 aromatic heterocycles. The first-order chi connectivity index (χ1) is 10.2. The zero-order valence-corrected chi connectivity index (χ0v) is 12.9. The molecule has 0 saturated carbocycles. The van der Waals surface area contributed by atoms with Crippen LogP contribution in [0.1, 0.15) is 18.1 Å². The summed E-state index contributed by atoms with van der Waals surface area (Å²) in [6.45, 7) is 1.38. The maximum atomic E-state index is 13.0. The third kappa shape index (κ3) is 5.06. The molecule has 0 heterocycles. The van der Waals surface area contributed by atoms with Crippen molar-refractivity contribution in [2.75, 3.05) is 19.5 Å². The number of ether oxygens (including phenoxy) is 1. The van der Waals surface area contributed by atoms with Gasteiger partial charge in [-0.25, -0.2) is 0 Å². The van der Waals surface area contributed by atoms with E-state index in [-0.39, 0.29) is 30.3 Å². The first-order valence-corrected chi connectivity index (χ1v) is 6.98. The van der Waals surface area contributed by atoms with Crippen LogP contribution in [0, 0.1) is 0 Å². The van der Waals surface area contributed by atoms with Crippen molar-refractivity contribution in [3.8, 4) is 5.75 Å². The highest BCUT2D eigenvalue weighted by molar-refractivity contribution is 6.27. The van der Waals surface area contributed by atoms with Crippen molar-refractivity contribution in [3.63, 3.8) is 0 Å². The Bertz CT molecular complexity index is 521. The van der Waals surface area contributed by atoms with Crippen molar-refractivity contribution in [1.82, 2.24) is 4.90 Å². The number of methoxy groups -OCH3 is 1. The van der Waals surface area contributed by atoms with Gasteiger partial charge in [0.2, 0.25) is 5.91 Å². The van der Waals surface area contributed by atoms with Gasteiger partial charge in [0.1, 0.15) is 11.6 Å². The predicted molar refractivity (Wildman–Crippen MR) is 75.8 cm³/mol. The Morgan fingerprint density at radius 2 is 2.09 bits per heavy atom. The average Bonchev–Trinajstić information content (AvgIpc) is 2.44. The highest BCUT2D eigenvalue weighted by Crippen LogP contribution is 2.36. The molecule has 1 amide bonds. The molecule has 0 saturated heterocycles. The van der Waals surface area contributed by atoms with Gasteiger partial charge < -0.3 is 14.7 Å². The first-order valence-electron chi connectivity index (χ1n) is 6.45. The van der Waals surface area contributed by atoms with Crippen molar-refractivity contribution in [2.45, 2.75) is 25.7 Å². The fraction of sp³-hybridized carbons (Fsp3) is 0.500. The number of halogens is 4. The van der Waals surface area contributed by atoms with Crippen LogP contribution in [0.25, 0.3) is 0 Å². The number of aliphatic hydroxyl groups is 1. The van der Waals surface area contributed by atoms with Crippen LogP contribution in [-0.4, -0.2) is 41.6 Å². The van der Waals surface area contributed by atoms with Gasteiger partial charge in [0.15, 0.2) is 0 Å². The van der Waals surface area contributed by atoms with Gasteiger partial charge in [0.25, 0.3) is 0 Å². The van der Waals surface area contributed by atoms with E-state index in [4.69, 9.17) is 16.3 Å². The second-order valence-electron chi connectivity index (χ2n) is 4.79.